The van der Waals surface area contributed by atoms with Crippen molar-refractivity contribution in [3.05, 3.63) is 29.3 Å². The number of aromatic hydroxyl groups is 1. The molecule has 0 aliphatic heterocycles. The minimum atomic E-state index is -0.641. The largest absolute Gasteiger partial charge is 0.508 e. The van der Waals surface area contributed by atoms with Gasteiger partial charge >= 0.3 is 6.09 Å². The molecule has 0 aromatic heterocycles. The summed E-state index contributed by atoms with van der Waals surface area (Å²) in [5.41, 5.74) is 0.174. The average Bonchev–Trinajstić information content (AvgIpc) is 2.38. The number of nitrogens with zero attached hydrogens (tertiary/aromatic N) is 2. The van der Waals surface area contributed by atoms with Crippen molar-refractivity contribution < 1.29 is 19.7 Å². The summed E-state index contributed by atoms with van der Waals surface area (Å²) >= 11 is 0. The van der Waals surface area contributed by atoms with E-state index >= 15 is 0 Å². The summed E-state index contributed by atoms with van der Waals surface area (Å²) in [4.78, 5) is 13.3. The number of aliphatic hydroxyl groups excluding tert-OH is 1. The molecule has 6 heteroatoms. The summed E-state index contributed by atoms with van der Waals surface area (Å²) in [5.74, 6) is -0.0689. The van der Waals surface area contributed by atoms with E-state index in [4.69, 9.17) is 15.1 Å². The number of hydrogen-bond donors (Lipinski definition) is 2. The first-order chi connectivity index (χ1) is 9.76. The summed E-state index contributed by atoms with van der Waals surface area (Å²) in [7, 11) is 0. The van der Waals surface area contributed by atoms with Gasteiger partial charge in [0.15, 0.2) is 0 Å². The van der Waals surface area contributed by atoms with Crippen molar-refractivity contribution in [2.24, 2.45) is 0 Å². The molecule has 0 unspecified atom stereocenters. The summed E-state index contributed by atoms with van der Waals surface area (Å²) in [6.45, 7) is 5.22. The van der Waals surface area contributed by atoms with Crippen molar-refractivity contribution in [2.75, 3.05) is 13.2 Å². The van der Waals surface area contributed by atoms with Crippen LogP contribution in [0.15, 0.2) is 18.2 Å². The molecule has 0 bridgehead atoms. The molecule has 0 saturated heterocycles. The number of rotatable bonds is 4. The standard InChI is InChI=1S/C15H20N2O4/c1-15(2,3)21-14(20)17(6-7-18)10-12-5-4-11(9-16)8-13(12)19/h4-5,8,18-19H,6-7,10H2,1-3H3. The number of aliphatic hydroxyl groups is 1. The molecule has 21 heavy (non-hydrogen) atoms. The molecule has 2 N–H and O–H groups in total. The summed E-state index contributed by atoms with van der Waals surface area (Å²) < 4.78 is 5.25. The fourth-order valence-electron chi connectivity index (χ4n) is 1.65. The predicted octanol–water partition coefficient (Wildman–Crippen LogP) is 1.99. The van der Waals surface area contributed by atoms with Gasteiger partial charge in [-0.05, 0) is 32.9 Å². The van der Waals surface area contributed by atoms with Gasteiger partial charge in [0, 0.05) is 12.1 Å². The van der Waals surface area contributed by atoms with Gasteiger partial charge in [0.2, 0.25) is 0 Å². The average molecular weight is 292 g/mol. The molecule has 1 rings (SSSR count). The third-order valence-electron chi connectivity index (χ3n) is 2.60. The topological polar surface area (TPSA) is 93.8 Å². The fourth-order valence-corrected chi connectivity index (χ4v) is 1.65. The number of carbonyl (C=O) groups is 1. The van der Waals surface area contributed by atoms with Crippen LogP contribution in [0.25, 0.3) is 0 Å². The second kappa shape index (κ2) is 6.95. The van der Waals surface area contributed by atoms with Crippen LogP contribution in [0.2, 0.25) is 0 Å². The number of phenolic OH excluding ortho intramolecular Hbond substituents is 1. The third-order valence-corrected chi connectivity index (χ3v) is 2.60. The molecule has 0 fully saturated rings. The zero-order valence-corrected chi connectivity index (χ0v) is 12.5. The van der Waals surface area contributed by atoms with Gasteiger partial charge in [0.1, 0.15) is 11.4 Å². The smallest absolute Gasteiger partial charge is 0.410 e. The minimum absolute atomic E-state index is 0.0689. The van der Waals surface area contributed by atoms with E-state index in [0.29, 0.717) is 11.1 Å². The molecular formula is C15H20N2O4. The van der Waals surface area contributed by atoms with E-state index in [9.17, 15) is 9.90 Å². The Hall–Kier alpha value is -2.26. The lowest BCUT2D eigenvalue weighted by molar-refractivity contribution is 0.0200. The second-order valence-electron chi connectivity index (χ2n) is 5.58. The number of carbonyl (C=O) groups excluding carboxylic acids is 1. The number of ether oxygens (including phenoxy) is 1. The fraction of sp³-hybridized carbons (Fsp3) is 0.467. The molecule has 0 aliphatic rings. The molecule has 0 atom stereocenters. The van der Waals surface area contributed by atoms with Crippen molar-refractivity contribution in [1.29, 1.82) is 5.26 Å². The summed E-state index contributed by atoms with van der Waals surface area (Å²) in [6, 6.07) is 6.39. The second-order valence-corrected chi connectivity index (χ2v) is 5.58. The van der Waals surface area contributed by atoms with E-state index in [0.717, 1.165) is 0 Å². The first-order valence-corrected chi connectivity index (χ1v) is 6.57. The van der Waals surface area contributed by atoms with E-state index in [1.807, 2.05) is 6.07 Å². The zero-order chi connectivity index (χ0) is 16.0. The van der Waals surface area contributed by atoms with Crippen molar-refractivity contribution >= 4 is 6.09 Å². The summed E-state index contributed by atoms with van der Waals surface area (Å²) in [5, 5.41) is 27.7. The molecule has 0 saturated carbocycles. The van der Waals surface area contributed by atoms with Crippen LogP contribution in [0, 0.1) is 11.3 Å². The van der Waals surface area contributed by atoms with Crippen molar-refractivity contribution in [2.45, 2.75) is 32.9 Å². The van der Waals surface area contributed by atoms with Crippen LogP contribution in [0.5, 0.6) is 5.75 Å². The Balaban J connectivity index is 2.88. The highest BCUT2D eigenvalue weighted by molar-refractivity contribution is 5.68. The lowest BCUT2D eigenvalue weighted by Gasteiger charge is -2.27. The molecular weight excluding hydrogens is 272 g/mol. The highest BCUT2D eigenvalue weighted by atomic mass is 16.6. The van der Waals surface area contributed by atoms with Crippen molar-refractivity contribution in [1.82, 2.24) is 4.90 Å². The normalized spacial score (nSPS) is 10.8. The van der Waals surface area contributed by atoms with Gasteiger partial charge in [0.25, 0.3) is 0 Å². The lowest BCUT2D eigenvalue weighted by atomic mass is 10.1. The maximum Gasteiger partial charge on any atom is 0.410 e. The van der Waals surface area contributed by atoms with E-state index in [1.165, 1.54) is 11.0 Å². The third kappa shape index (κ3) is 5.32. The van der Waals surface area contributed by atoms with Gasteiger partial charge in [-0.15, -0.1) is 0 Å². The van der Waals surface area contributed by atoms with Crippen LogP contribution in [0.1, 0.15) is 31.9 Å². The highest BCUT2D eigenvalue weighted by Crippen LogP contribution is 2.21. The molecule has 0 heterocycles. The van der Waals surface area contributed by atoms with Crippen molar-refractivity contribution in [3.63, 3.8) is 0 Å². The molecule has 0 spiro atoms. The van der Waals surface area contributed by atoms with Crippen LogP contribution in [-0.4, -0.2) is 40.0 Å². The molecule has 0 radical (unpaired) electrons. The maximum absolute atomic E-state index is 12.0. The number of hydrogen-bond acceptors (Lipinski definition) is 5. The van der Waals surface area contributed by atoms with E-state index in [1.54, 1.807) is 32.9 Å². The first kappa shape index (κ1) is 16.8. The Morgan fingerprint density at radius 1 is 1.43 bits per heavy atom. The van der Waals surface area contributed by atoms with Gasteiger partial charge in [-0.1, -0.05) is 6.07 Å². The van der Waals surface area contributed by atoms with Gasteiger partial charge < -0.3 is 19.8 Å². The predicted molar refractivity (Wildman–Crippen MR) is 76.6 cm³/mol. The molecule has 0 aliphatic carbocycles. The number of phenols is 1. The SMILES string of the molecule is CC(C)(C)OC(=O)N(CCO)Cc1ccc(C#N)cc1O. The molecule has 1 aromatic rings. The van der Waals surface area contributed by atoms with Crippen LogP contribution in [0.3, 0.4) is 0 Å². The van der Waals surface area contributed by atoms with Gasteiger partial charge in [-0.3, -0.25) is 0 Å². The van der Waals surface area contributed by atoms with Crippen molar-refractivity contribution in [3.8, 4) is 11.8 Å². The molecule has 6 nitrogen and oxygen atoms in total. The van der Waals surface area contributed by atoms with E-state index < -0.39 is 11.7 Å². The number of benzene rings is 1. The molecule has 114 valence electrons. The molecule has 1 amide bonds. The van der Waals surface area contributed by atoms with Crippen LogP contribution in [-0.2, 0) is 11.3 Å². The summed E-state index contributed by atoms with van der Waals surface area (Å²) in [6.07, 6.45) is -0.569. The minimum Gasteiger partial charge on any atom is -0.508 e. The van der Waals surface area contributed by atoms with E-state index in [-0.39, 0.29) is 25.4 Å². The van der Waals surface area contributed by atoms with E-state index in [2.05, 4.69) is 0 Å². The molecule has 1 aromatic carbocycles. The van der Waals surface area contributed by atoms with Gasteiger partial charge in [0.05, 0.1) is 24.8 Å². The number of amides is 1. The Labute approximate surface area is 124 Å². The Morgan fingerprint density at radius 2 is 2.10 bits per heavy atom. The Kier molecular flexibility index (Phi) is 5.56. The number of nitriles is 1. The van der Waals surface area contributed by atoms with Crippen LogP contribution >= 0.6 is 0 Å². The lowest BCUT2D eigenvalue weighted by Crippen LogP contribution is -2.38. The monoisotopic (exact) mass is 292 g/mol. The van der Waals surface area contributed by atoms with Crippen LogP contribution < -0.4 is 0 Å². The highest BCUT2D eigenvalue weighted by Gasteiger charge is 2.22. The quantitative estimate of drug-likeness (QED) is 0.885. The maximum atomic E-state index is 12.0. The van der Waals surface area contributed by atoms with Crippen LogP contribution in [0.4, 0.5) is 4.79 Å². The first-order valence-electron chi connectivity index (χ1n) is 6.57. The van der Waals surface area contributed by atoms with Gasteiger partial charge in [-0.2, -0.15) is 5.26 Å². The Morgan fingerprint density at radius 3 is 2.57 bits per heavy atom. The Bertz CT molecular complexity index is 544. The zero-order valence-electron chi connectivity index (χ0n) is 12.5. The van der Waals surface area contributed by atoms with Gasteiger partial charge in [-0.25, -0.2) is 4.79 Å².